The summed E-state index contributed by atoms with van der Waals surface area (Å²) in [7, 11) is 0. The first-order valence-electron chi connectivity index (χ1n) is 6.79. The SMILES string of the molecule is CC1CNCC(C)N1C(=O)c1cc2cccc(Br)c2o1. The van der Waals surface area contributed by atoms with Gasteiger partial charge in [-0.05, 0) is 41.9 Å². The zero-order valence-electron chi connectivity index (χ0n) is 11.5. The van der Waals surface area contributed by atoms with E-state index >= 15 is 0 Å². The highest BCUT2D eigenvalue weighted by atomic mass is 79.9. The molecule has 1 aromatic carbocycles. The fourth-order valence-corrected chi connectivity index (χ4v) is 3.26. The minimum Gasteiger partial charge on any atom is -0.450 e. The number of nitrogens with zero attached hydrogens (tertiary/aromatic N) is 1. The zero-order chi connectivity index (χ0) is 14.3. The van der Waals surface area contributed by atoms with Gasteiger partial charge in [-0.25, -0.2) is 0 Å². The van der Waals surface area contributed by atoms with Crippen LogP contribution in [0.1, 0.15) is 24.4 Å². The molecule has 1 saturated heterocycles. The van der Waals surface area contributed by atoms with Gasteiger partial charge in [0, 0.05) is 30.6 Å². The van der Waals surface area contributed by atoms with Gasteiger partial charge in [0.05, 0.1) is 4.47 Å². The number of rotatable bonds is 1. The van der Waals surface area contributed by atoms with Crippen molar-refractivity contribution in [3.8, 4) is 0 Å². The molecule has 2 aromatic rings. The Bertz CT molecular complexity index is 642. The monoisotopic (exact) mass is 336 g/mol. The highest BCUT2D eigenvalue weighted by molar-refractivity contribution is 9.10. The van der Waals surface area contributed by atoms with Gasteiger partial charge >= 0.3 is 0 Å². The molecular weight excluding hydrogens is 320 g/mol. The Morgan fingerprint density at radius 3 is 2.70 bits per heavy atom. The molecule has 2 unspecified atom stereocenters. The van der Waals surface area contributed by atoms with Crippen molar-refractivity contribution in [3.05, 3.63) is 34.5 Å². The molecule has 20 heavy (non-hydrogen) atoms. The van der Waals surface area contributed by atoms with Crippen molar-refractivity contribution in [2.75, 3.05) is 13.1 Å². The van der Waals surface area contributed by atoms with E-state index in [9.17, 15) is 4.79 Å². The Kier molecular flexibility index (Phi) is 3.56. The van der Waals surface area contributed by atoms with Crippen molar-refractivity contribution in [3.63, 3.8) is 0 Å². The van der Waals surface area contributed by atoms with Crippen LogP contribution < -0.4 is 5.32 Å². The van der Waals surface area contributed by atoms with Crippen LogP contribution in [0.2, 0.25) is 0 Å². The summed E-state index contributed by atoms with van der Waals surface area (Å²) in [6.45, 7) is 5.75. The molecule has 1 aliphatic rings. The highest BCUT2D eigenvalue weighted by Gasteiger charge is 2.31. The van der Waals surface area contributed by atoms with Crippen LogP contribution in [0.15, 0.2) is 33.2 Å². The Morgan fingerprint density at radius 2 is 2.05 bits per heavy atom. The normalized spacial score (nSPS) is 23.2. The molecular formula is C15H17BrN2O2. The van der Waals surface area contributed by atoms with Crippen LogP contribution >= 0.6 is 15.9 Å². The van der Waals surface area contributed by atoms with E-state index in [0.29, 0.717) is 5.76 Å². The topological polar surface area (TPSA) is 45.5 Å². The van der Waals surface area contributed by atoms with E-state index in [1.807, 2.05) is 29.2 Å². The second-order valence-corrected chi connectivity index (χ2v) is 6.19. The second-order valence-electron chi connectivity index (χ2n) is 5.34. The van der Waals surface area contributed by atoms with Gasteiger partial charge in [-0.2, -0.15) is 0 Å². The molecule has 0 bridgehead atoms. The number of benzene rings is 1. The molecule has 1 aromatic heterocycles. The lowest BCUT2D eigenvalue weighted by Crippen LogP contribution is -2.57. The van der Waals surface area contributed by atoms with Gasteiger partial charge < -0.3 is 14.6 Å². The maximum Gasteiger partial charge on any atom is 0.290 e. The molecule has 106 valence electrons. The largest absolute Gasteiger partial charge is 0.450 e. The molecule has 4 nitrogen and oxygen atoms in total. The first-order valence-corrected chi connectivity index (χ1v) is 7.58. The van der Waals surface area contributed by atoms with Crippen LogP contribution in [0.5, 0.6) is 0 Å². The molecule has 1 fully saturated rings. The number of hydrogen-bond donors (Lipinski definition) is 1. The van der Waals surface area contributed by atoms with E-state index in [4.69, 9.17) is 4.42 Å². The number of piperazine rings is 1. The molecule has 0 aliphatic carbocycles. The summed E-state index contributed by atoms with van der Waals surface area (Å²) < 4.78 is 6.62. The lowest BCUT2D eigenvalue weighted by atomic mass is 10.1. The number of carbonyl (C=O) groups excluding carboxylic acids is 1. The molecule has 3 rings (SSSR count). The van der Waals surface area contributed by atoms with Gasteiger partial charge in [0.15, 0.2) is 5.76 Å². The van der Waals surface area contributed by atoms with Crippen molar-refractivity contribution in [1.82, 2.24) is 10.2 Å². The number of furan rings is 1. The van der Waals surface area contributed by atoms with Crippen LogP contribution in [0.25, 0.3) is 11.0 Å². The average molecular weight is 337 g/mol. The number of hydrogen-bond acceptors (Lipinski definition) is 3. The maximum absolute atomic E-state index is 12.7. The van der Waals surface area contributed by atoms with Crippen LogP contribution in [0, 0.1) is 0 Å². The van der Waals surface area contributed by atoms with E-state index in [-0.39, 0.29) is 18.0 Å². The Labute approximate surface area is 126 Å². The summed E-state index contributed by atoms with van der Waals surface area (Å²) >= 11 is 3.45. The molecule has 0 spiro atoms. The quantitative estimate of drug-likeness (QED) is 0.870. The van der Waals surface area contributed by atoms with Gasteiger partial charge in [-0.15, -0.1) is 0 Å². The van der Waals surface area contributed by atoms with Crippen molar-refractivity contribution >= 4 is 32.8 Å². The number of nitrogens with one attached hydrogen (secondary N) is 1. The third kappa shape index (κ3) is 2.25. The maximum atomic E-state index is 12.7. The molecule has 2 heterocycles. The summed E-state index contributed by atoms with van der Waals surface area (Å²) in [6, 6.07) is 7.96. The molecule has 2 atom stereocenters. The van der Waals surface area contributed by atoms with Crippen molar-refractivity contribution in [2.45, 2.75) is 25.9 Å². The summed E-state index contributed by atoms with van der Waals surface area (Å²) in [5.74, 6) is 0.377. The van der Waals surface area contributed by atoms with Gasteiger partial charge in [-0.1, -0.05) is 12.1 Å². The minimum atomic E-state index is -0.0328. The number of carbonyl (C=O) groups is 1. The summed E-state index contributed by atoms with van der Waals surface area (Å²) in [5.41, 5.74) is 0.728. The minimum absolute atomic E-state index is 0.0328. The molecule has 5 heteroatoms. The standard InChI is InChI=1S/C15H17BrN2O2/c1-9-7-17-8-10(2)18(9)15(19)13-6-11-4-3-5-12(16)14(11)20-13/h3-6,9-10,17H,7-8H2,1-2H3. The number of fused-ring (bicyclic) bond motifs is 1. The van der Waals surface area contributed by atoms with E-state index in [1.54, 1.807) is 0 Å². The zero-order valence-corrected chi connectivity index (χ0v) is 13.1. The van der Waals surface area contributed by atoms with Crippen LogP contribution in [0.4, 0.5) is 0 Å². The molecule has 1 N–H and O–H groups in total. The fraction of sp³-hybridized carbons (Fsp3) is 0.400. The lowest BCUT2D eigenvalue weighted by molar-refractivity contribution is 0.0514. The smallest absolute Gasteiger partial charge is 0.290 e. The van der Waals surface area contributed by atoms with Gasteiger partial charge in [-0.3, -0.25) is 4.79 Å². The van der Waals surface area contributed by atoms with Gasteiger partial charge in [0.2, 0.25) is 0 Å². The Hall–Kier alpha value is -1.33. The number of halogens is 1. The molecule has 1 amide bonds. The van der Waals surface area contributed by atoms with Gasteiger partial charge in [0.1, 0.15) is 5.58 Å². The molecule has 0 radical (unpaired) electrons. The van der Waals surface area contributed by atoms with Crippen LogP contribution in [0.3, 0.4) is 0 Å². The Morgan fingerprint density at radius 1 is 1.35 bits per heavy atom. The fourth-order valence-electron chi connectivity index (χ4n) is 2.79. The van der Waals surface area contributed by atoms with Crippen molar-refractivity contribution in [2.24, 2.45) is 0 Å². The summed E-state index contributed by atoms with van der Waals surface area (Å²) in [5, 5.41) is 4.27. The third-order valence-electron chi connectivity index (χ3n) is 3.77. The second kappa shape index (κ2) is 5.22. The van der Waals surface area contributed by atoms with Gasteiger partial charge in [0.25, 0.3) is 5.91 Å². The van der Waals surface area contributed by atoms with Crippen molar-refractivity contribution in [1.29, 1.82) is 0 Å². The predicted octanol–water partition coefficient (Wildman–Crippen LogP) is 3.02. The molecule has 0 saturated carbocycles. The van der Waals surface area contributed by atoms with E-state index < -0.39 is 0 Å². The third-order valence-corrected chi connectivity index (χ3v) is 4.40. The first-order chi connectivity index (χ1) is 9.58. The van der Waals surface area contributed by atoms with Crippen LogP contribution in [-0.4, -0.2) is 36.0 Å². The predicted molar refractivity (Wildman–Crippen MR) is 81.9 cm³/mol. The van der Waals surface area contributed by atoms with E-state index in [0.717, 1.165) is 28.5 Å². The first kappa shape index (κ1) is 13.6. The van der Waals surface area contributed by atoms with E-state index in [2.05, 4.69) is 35.1 Å². The number of amides is 1. The number of para-hydroxylation sites is 1. The Balaban J connectivity index is 1.97. The summed E-state index contributed by atoms with van der Waals surface area (Å²) in [6.07, 6.45) is 0. The summed E-state index contributed by atoms with van der Waals surface area (Å²) in [4.78, 5) is 14.6. The highest BCUT2D eigenvalue weighted by Crippen LogP contribution is 2.28. The molecule has 1 aliphatic heterocycles. The lowest BCUT2D eigenvalue weighted by Gasteiger charge is -2.38. The van der Waals surface area contributed by atoms with Crippen LogP contribution in [-0.2, 0) is 0 Å². The average Bonchev–Trinajstić information content (AvgIpc) is 2.84. The van der Waals surface area contributed by atoms with Crippen molar-refractivity contribution < 1.29 is 9.21 Å². The van der Waals surface area contributed by atoms with E-state index in [1.165, 1.54) is 0 Å².